The van der Waals surface area contributed by atoms with Gasteiger partial charge in [-0.25, -0.2) is 19.2 Å². The Labute approximate surface area is 186 Å². The number of anilines is 4. The fourth-order valence-electron chi connectivity index (χ4n) is 4.41. The van der Waals surface area contributed by atoms with Gasteiger partial charge in [0.15, 0.2) is 5.82 Å². The lowest BCUT2D eigenvalue weighted by atomic mass is 9.99. The molecule has 4 heterocycles. The summed E-state index contributed by atoms with van der Waals surface area (Å²) < 4.78 is 13.2. The number of fused-ring (bicyclic) bond motifs is 4. The molecule has 0 unspecified atom stereocenters. The fraction of sp³-hybridized carbons (Fsp3) is 0.292. The summed E-state index contributed by atoms with van der Waals surface area (Å²) in [6.45, 7) is 1.73. The summed E-state index contributed by atoms with van der Waals surface area (Å²) in [5.41, 5.74) is 3.84. The molecular formula is C24H25FN6O. The van der Waals surface area contributed by atoms with Gasteiger partial charge in [-0.15, -0.1) is 0 Å². The standard InChI is InChI=1S/C24H25FN6O/c1-29(2)18-6-3-5-16(13-18)20-9-10-21-23(27-20)31(19-7-4-12-30(21)15-19)24(32)28-22-11-8-17(25)14-26-22/h3,5-6,8-11,13-14,19H,4,7,12,15H2,1-2H3,(H,26,28,32)/t19-/m0/s1. The van der Waals surface area contributed by atoms with Crippen molar-refractivity contribution in [3.05, 3.63) is 60.5 Å². The van der Waals surface area contributed by atoms with Crippen LogP contribution < -0.4 is 20.0 Å². The maximum atomic E-state index is 13.3. The quantitative estimate of drug-likeness (QED) is 0.666. The third-order valence-electron chi connectivity index (χ3n) is 6.02. The average Bonchev–Trinajstić information content (AvgIpc) is 2.80. The molecule has 3 aromatic rings. The smallest absolute Gasteiger partial charge is 0.329 e. The molecule has 7 nitrogen and oxygen atoms in total. The lowest BCUT2D eigenvalue weighted by molar-refractivity contribution is 0.252. The van der Waals surface area contributed by atoms with E-state index in [1.165, 1.54) is 12.1 Å². The minimum atomic E-state index is -0.444. The van der Waals surface area contributed by atoms with Crippen LogP contribution in [0.25, 0.3) is 11.3 Å². The van der Waals surface area contributed by atoms with E-state index in [1.807, 2.05) is 43.3 Å². The van der Waals surface area contributed by atoms with Crippen LogP contribution in [0.1, 0.15) is 12.8 Å². The number of rotatable bonds is 3. The second-order valence-corrected chi connectivity index (χ2v) is 8.39. The number of benzene rings is 1. The van der Waals surface area contributed by atoms with Crippen molar-refractivity contribution in [2.45, 2.75) is 18.9 Å². The number of halogens is 1. The highest BCUT2D eigenvalue weighted by molar-refractivity contribution is 6.04. The van der Waals surface area contributed by atoms with Crippen LogP contribution in [-0.4, -0.2) is 49.2 Å². The minimum absolute atomic E-state index is 0.0209. The number of aromatic nitrogens is 2. The Balaban J connectivity index is 1.53. The van der Waals surface area contributed by atoms with Gasteiger partial charge in [-0.1, -0.05) is 12.1 Å². The molecule has 1 N–H and O–H groups in total. The molecule has 1 fully saturated rings. The van der Waals surface area contributed by atoms with E-state index in [1.54, 1.807) is 4.90 Å². The topological polar surface area (TPSA) is 64.6 Å². The number of carbonyl (C=O) groups is 1. The molecule has 32 heavy (non-hydrogen) atoms. The van der Waals surface area contributed by atoms with Crippen molar-refractivity contribution in [2.75, 3.05) is 47.2 Å². The number of hydrogen-bond donors (Lipinski definition) is 1. The molecule has 0 radical (unpaired) electrons. The molecular weight excluding hydrogens is 407 g/mol. The van der Waals surface area contributed by atoms with E-state index in [2.05, 4.69) is 27.3 Å². The SMILES string of the molecule is CN(C)c1cccc(-c2ccc3c(n2)N(C(=O)Nc2ccc(F)cn2)[C@H]2CCCN3C2)c1. The van der Waals surface area contributed by atoms with Gasteiger partial charge in [0.05, 0.1) is 23.6 Å². The molecule has 1 atom stereocenters. The molecule has 164 valence electrons. The number of amides is 2. The van der Waals surface area contributed by atoms with Crippen LogP contribution >= 0.6 is 0 Å². The van der Waals surface area contributed by atoms with Crippen molar-refractivity contribution in [2.24, 2.45) is 0 Å². The number of hydrogen-bond acceptors (Lipinski definition) is 5. The summed E-state index contributed by atoms with van der Waals surface area (Å²) in [6, 6.07) is 14.7. The van der Waals surface area contributed by atoms with Gasteiger partial charge < -0.3 is 9.80 Å². The van der Waals surface area contributed by atoms with E-state index >= 15 is 0 Å². The number of nitrogens with zero attached hydrogens (tertiary/aromatic N) is 5. The minimum Gasteiger partial charge on any atom is -0.378 e. The molecule has 2 aromatic heterocycles. The number of carbonyl (C=O) groups excluding carboxylic acids is 1. The van der Waals surface area contributed by atoms with Crippen LogP contribution in [-0.2, 0) is 0 Å². The Morgan fingerprint density at radius 2 is 2.06 bits per heavy atom. The van der Waals surface area contributed by atoms with E-state index in [9.17, 15) is 9.18 Å². The van der Waals surface area contributed by atoms with Gasteiger partial charge in [0, 0.05) is 38.4 Å². The first-order valence-corrected chi connectivity index (χ1v) is 10.7. The Hall–Kier alpha value is -3.68. The highest BCUT2D eigenvalue weighted by Gasteiger charge is 2.38. The first-order valence-electron chi connectivity index (χ1n) is 10.7. The highest BCUT2D eigenvalue weighted by Crippen LogP contribution is 2.39. The molecule has 8 heteroatoms. The normalized spacial score (nSPS) is 17.0. The maximum absolute atomic E-state index is 13.3. The largest absolute Gasteiger partial charge is 0.378 e. The van der Waals surface area contributed by atoms with Gasteiger partial charge in [-0.2, -0.15) is 0 Å². The van der Waals surface area contributed by atoms with Crippen LogP contribution in [0.15, 0.2) is 54.7 Å². The second-order valence-electron chi connectivity index (χ2n) is 8.39. The van der Waals surface area contributed by atoms with Crippen LogP contribution in [0.3, 0.4) is 0 Å². The third kappa shape index (κ3) is 3.72. The van der Waals surface area contributed by atoms with Crippen molar-refractivity contribution >= 4 is 29.0 Å². The summed E-state index contributed by atoms with van der Waals surface area (Å²) >= 11 is 0. The van der Waals surface area contributed by atoms with E-state index < -0.39 is 5.82 Å². The predicted molar refractivity (Wildman–Crippen MR) is 125 cm³/mol. The Kier molecular flexibility index (Phi) is 5.13. The fourth-order valence-corrected chi connectivity index (χ4v) is 4.41. The first-order chi connectivity index (χ1) is 15.5. The maximum Gasteiger partial charge on any atom is 0.329 e. The number of piperidine rings is 1. The predicted octanol–water partition coefficient (Wildman–Crippen LogP) is 4.37. The third-order valence-corrected chi connectivity index (χ3v) is 6.02. The van der Waals surface area contributed by atoms with Crippen molar-refractivity contribution in [1.82, 2.24) is 9.97 Å². The lowest BCUT2D eigenvalue weighted by Crippen LogP contribution is -2.56. The summed E-state index contributed by atoms with van der Waals surface area (Å²) in [5, 5.41) is 2.81. The lowest BCUT2D eigenvalue weighted by Gasteiger charge is -2.45. The van der Waals surface area contributed by atoms with E-state index in [4.69, 9.17) is 4.98 Å². The molecule has 0 saturated carbocycles. The molecule has 2 amide bonds. The van der Waals surface area contributed by atoms with Crippen molar-refractivity contribution in [3.8, 4) is 11.3 Å². The second kappa shape index (κ2) is 8.11. The zero-order chi connectivity index (χ0) is 22.2. The summed E-state index contributed by atoms with van der Waals surface area (Å²) in [4.78, 5) is 28.3. The number of pyridine rings is 2. The highest BCUT2D eigenvalue weighted by atomic mass is 19.1. The molecule has 1 aromatic carbocycles. The first kappa shape index (κ1) is 20.2. The molecule has 1 saturated heterocycles. The van der Waals surface area contributed by atoms with Crippen LogP contribution in [0.4, 0.5) is 32.2 Å². The van der Waals surface area contributed by atoms with Gasteiger partial charge in [-0.05, 0) is 49.2 Å². The Bertz CT molecular complexity index is 1150. The average molecular weight is 433 g/mol. The summed E-state index contributed by atoms with van der Waals surface area (Å²) in [6.07, 6.45) is 3.01. The summed E-state index contributed by atoms with van der Waals surface area (Å²) in [7, 11) is 4.01. The van der Waals surface area contributed by atoms with Crippen molar-refractivity contribution in [1.29, 1.82) is 0 Å². The monoisotopic (exact) mass is 432 g/mol. The van der Waals surface area contributed by atoms with E-state index in [-0.39, 0.29) is 12.1 Å². The molecule has 2 aliphatic rings. The van der Waals surface area contributed by atoms with Gasteiger partial charge in [0.25, 0.3) is 0 Å². The van der Waals surface area contributed by atoms with Crippen molar-refractivity contribution < 1.29 is 9.18 Å². The van der Waals surface area contributed by atoms with Crippen molar-refractivity contribution in [3.63, 3.8) is 0 Å². The zero-order valence-electron chi connectivity index (χ0n) is 18.1. The van der Waals surface area contributed by atoms with Gasteiger partial charge >= 0.3 is 6.03 Å². The summed E-state index contributed by atoms with van der Waals surface area (Å²) in [5.74, 6) is 0.514. The zero-order valence-corrected chi connectivity index (χ0v) is 18.1. The Morgan fingerprint density at radius 3 is 2.84 bits per heavy atom. The van der Waals surface area contributed by atoms with E-state index in [0.29, 0.717) is 11.6 Å². The molecule has 2 aliphatic heterocycles. The molecule has 5 rings (SSSR count). The van der Waals surface area contributed by atoms with Crippen LogP contribution in [0.5, 0.6) is 0 Å². The van der Waals surface area contributed by atoms with Crippen LogP contribution in [0, 0.1) is 5.82 Å². The van der Waals surface area contributed by atoms with Gasteiger partial charge in [0.1, 0.15) is 11.6 Å². The molecule has 2 bridgehead atoms. The van der Waals surface area contributed by atoms with Gasteiger partial charge in [-0.3, -0.25) is 10.2 Å². The van der Waals surface area contributed by atoms with E-state index in [0.717, 1.165) is 54.8 Å². The van der Waals surface area contributed by atoms with Gasteiger partial charge in [0.2, 0.25) is 0 Å². The molecule has 0 aliphatic carbocycles. The Morgan fingerprint density at radius 1 is 1.19 bits per heavy atom. The number of nitrogens with one attached hydrogen (secondary N) is 1. The van der Waals surface area contributed by atoms with Crippen LogP contribution in [0.2, 0.25) is 0 Å². The number of urea groups is 1. The molecule has 0 spiro atoms.